The van der Waals surface area contributed by atoms with Crippen molar-refractivity contribution in [1.29, 1.82) is 0 Å². The third kappa shape index (κ3) is 2.41. The molecule has 0 aromatic rings. The zero-order chi connectivity index (χ0) is 11.6. The summed E-state index contributed by atoms with van der Waals surface area (Å²) in [6.45, 7) is 5.30. The Labute approximate surface area is 98.1 Å². The average molecular weight is 228 g/mol. The summed E-state index contributed by atoms with van der Waals surface area (Å²) >= 11 is 0. The number of hydrogen-bond acceptors (Lipinski definition) is 3. The Morgan fingerprint density at radius 3 is 2.81 bits per heavy atom. The second-order valence-electron chi connectivity index (χ2n) is 5.47. The second-order valence-corrected chi connectivity index (χ2v) is 5.47. The Bertz CT molecular complexity index is 219. The van der Waals surface area contributed by atoms with Gasteiger partial charge in [0.2, 0.25) is 0 Å². The van der Waals surface area contributed by atoms with Gasteiger partial charge >= 0.3 is 0 Å². The summed E-state index contributed by atoms with van der Waals surface area (Å²) in [5, 5.41) is 9.27. The third-order valence-corrected chi connectivity index (χ3v) is 4.06. The molecule has 0 unspecified atom stereocenters. The van der Waals surface area contributed by atoms with Crippen LogP contribution in [0.4, 0.5) is 0 Å². The van der Waals surface area contributed by atoms with Crippen LogP contribution in [0.5, 0.6) is 0 Å². The molecule has 0 radical (unpaired) electrons. The van der Waals surface area contributed by atoms with Gasteiger partial charge in [0.1, 0.15) is 0 Å². The Hall–Kier alpha value is -0.120. The van der Waals surface area contributed by atoms with Crippen molar-refractivity contribution in [3.05, 3.63) is 0 Å². The van der Waals surface area contributed by atoms with E-state index in [4.69, 9.17) is 9.47 Å². The van der Waals surface area contributed by atoms with Crippen molar-refractivity contribution in [3.63, 3.8) is 0 Å². The van der Waals surface area contributed by atoms with Gasteiger partial charge in [-0.1, -0.05) is 13.8 Å². The smallest absolute Gasteiger partial charge is 0.168 e. The maximum Gasteiger partial charge on any atom is 0.168 e. The van der Waals surface area contributed by atoms with Crippen LogP contribution >= 0.6 is 0 Å². The van der Waals surface area contributed by atoms with Crippen LogP contribution in [0.3, 0.4) is 0 Å². The number of hydrogen-bond donors (Lipinski definition) is 1. The molecule has 0 aromatic heterocycles. The lowest BCUT2D eigenvalue weighted by atomic mass is 9.84. The Morgan fingerprint density at radius 1 is 1.38 bits per heavy atom. The zero-order valence-corrected chi connectivity index (χ0v) is 10.4. The molecule has 2 aliphatic heterocycles. The molecule has 3 heteroatoms. The predicted octanol–water partition coefficient (Wildman–Crippen LogP) is 2.33. The summed E-state index contributed by atoms with van der Waals surface area (Å²) in [6, 6.07) is 0. The van der Waals surface area contributed by atoms with E-state index in [1.165, 1.54) is 6.42 Å². The molecule has 16 heavy (non-hydrogen) atoms. The van der Waals surface area contributed by atoms with Crippen LogP contribution in [0, 0.1) is 11.8 Å². The minimum absolute atomic E-state index is 0.150. The van der Waals surface area contributed by atoms with E-state index in [1.54, 1.807) is 0 Å². The van der Waals surface area contributed by atoms with E-state index in [1.807, 2.05) is 0 Å². The summed E-state index contributed by atoms with van der Waals surface area (Å²) in [5.74, 6) is 0.412. The minimum atomic E-state index is -0.321. The normalized spacial score (nSPS) is 42.2. The SMILES string of the molecule is C[C@@H]1CC[C@@]2(CCCCO2)O[C@@H]1[C@@H](C)CO. The molecule has 0 bridgehead atoms. The Balaban J connectivity index is 2.02. The molecule has 4 atom stereocenters. The highest BCUT2D eigenvalue weighted by Crippen LogP contribution is 2.41. The highest BCUT2D eigenvalue weighted by atomic mass is 16.7. The van der Waals surface area contributed by atoms with Crippen LogP contribution in [-0.4, -0.2) is 30.2 Å². The first-order valence-corrected chi connectivity index (χ1v) is 6.59. The summed E-state index contributed by atoms with van der Waals surface area (Å²) in [4.78, 5) is 0. The van der Waals surface area contributed by atoms with Gasteiger partial charge in [0, 0.05) is 25.4 Å². The van der Waals surface area contributed by atoms with Crippen LogP contribution in [0.1, 0.15) is 46.0 Å². The van der Waals surface area contributed by atoms with Gasteiger partial charge in [0.05, 0.1) is 12.7 Å². The molecule has 0 amide bonds. The van der Waals surface area contributed by atoms with E-state index in [0.717, 1.165) is 32.3 Å². The number of aliphatic hydroxyl groups is 1. The third-order valence-electron chi connectivity index (χ3n) is 4.06. The van der Waals surface area contributed by atoms with E-state index < -0.39 is 0 Å². The fourth-order valence-electron chi connectivity index (χ4n) is 2.93. The Kier molecular flexibility index (Phi) is 3.88. The zero-order valence-electron chi connectivity index (χ0n) is 10.4. The maximum absolute atomic E-state index is 9.27. The minimum Gasteiger partial charge on any atom is -0.396 e. The van der Waals surface area contributed by atoms with Crippen molar-refractivity contribution in [1.82, 2.24) is 0 Å². The van der Waals surface area contributed by atoms with Crippen LogP contribution < -0.4 is 0 Å². The lowest BCUT2D eigenvalue weighted by molar-refractivity contribution is -0.312. The number of ether oxygens (including phenoxy) is 2. The van der Waals surface area contributed by atoms with Crippen molar-refractivity contribution in [2.45, 2.75) is 57.8 Å². The molecule has 94 valence electrons. The molecule has 2 fully saturated rings. The van der Waals surface area contributed by atoms with Gasteiger partial charge in [-0.05, 0) is 25.2 Å². The van der Waals surface area contributed by atoms with Crippen molar-refractivity contribution >= 4 is 0 Å². The van der Waals surface area contributed by atoms with Gasteiger partial charge in [0.25, 0.3) is 0 Å². The van der Waals surface area contributed by atoms with E-state index in [9.17, 15) is 5.11 Å². The van der Waals surface area contributed by atoms with Gasteiger partial charge in [-0.2, -0.15) is 0 Å². The fraction of sp³-hybridized carbons (Fsp3) is 1.00. The van der Waals surface area contributed by atoms with Crippen LogP contribution in [0.15, 0.2) is 0 Å². The van der Waals surface area contributed by atoms with Crippen molar-refractivity contribution in [2.75, 3.05) is 13.2 Å². The molecule has 0 aromatic carbocycles. The molecular weight excluding hydrogens is 204 g/mol. The van der Waals surface area contributed by atoms with E-state index in [0.29, 0.717) is 5.92 Å². The van der Waals surface area contributed by atoms with Crippen LogP contribution in [0.25, 0.3) is 0 Å². The van der Waals surface area contributed by atoms with Crippen molar-refractivity contribution in [2.24, 2.45) is 11.8 Å². The molecule has 2 heterocycles. The Morgan fingerprint density at radius 2 is 2.19 bits per heavy atom. The summed E-state index contributed by atoms with van der Waals surface area (Å²) < 4.78 is 12.1. The topological polar surface area (TPSA) is 38.7 Å². The molecule has 2 saturated heterocycles. The van der Waals surface area contributed by atoms with Gasteiger partial charge in [0.15, 0.2) is 5.79 Å². The van der Waals surface area contributed by atoms with E-state index in [-0.39, 0.29) is 24.4 Å². The van der Waals surface area contributed by atoms with E-state index in [2.05, 4.69) is 13.8 Å². The molecule has 2 aliphatic rings. The summed E-state index contributed by atoms with van der Waals surface area (Å²) in [6.07, 6.45) is 5.69. The predicted molar refractivity (Wildman–Crippen MR) is 62.1 cm³/mol. The fourth-order valence-corrected chi connectivity index (χ4v) is 2.93. The lowest BCUT2D eigenvalue weighted by Crippen LogP contribution is -2.50. The van der Waals surface area contributed by atoms with Crippen LogP contribution in [0.2, 0.25) is 0 Å². The quantitative estimate of drug-likeness (QED) is 0.788. The van der Waals surface area contributed by atoms with Gasteiger partial charge < -0.3 is 14.6 Å². The number of rotatable bonds is 2. The van der Waals surface area contributed by atoms with Crippen LogP contribution in [-0.2, 0) is 9.47 Å². The first kappa shape index (κ1) is 12.3. The lowest BCUT2D eigenvalue weighted by Gasteiger charge is -2.47. The largest absolute Gasteiger partial charge is 0.396 e. The molecule has 1 N–H and O–H groups in total. The van der Waals surface area contributed by atoms with Gasteiger partial charge in [-0.3, -0.25) is 0 Å². The maximum atomic E-state index is 9.27. The molecule has 0 aliphatic carbocycles. The van der Waals surface area contributed by atoms with Gasteiger partial charge in [-0.15, -0.1) is 0 Å². The highest BCUT2D eigenvalue weighted by molar-refractivity contribution is 4.86. The molecule has 3 nitrogen and oxygen atoms in total. The average Bonchev–Trinajstić information content (AvgIpc) is 2.33. The first-order chi connectivity index (χ1) is 7.67. The molecule has 2 rings (SSSR count). The molecule has 1 spiro atoms. The number of aliphatic hydroxyl groups excluding tert-OH is 1. The first-order valence-electron chi connectivity index (χ1n) is 6.59. The van der Waals surface area contributed by atoms with Gasteiger partial charge in [-0.25, -0.2) is 0 Å². The standard InChI is InChI=1S/C13H24O3/c1-10-5-7-13(6-3-4-8-15-13)16-12(10)11(2)9-14/h10-12,14H,3-9H2,1-2H3/t10-,11+,12+,13-/m1/s1. The van der Waals surface area contributed by atoms with Crippen molar-refractivity contribution < 1.29 is 14.6 Å². The summed E-state index contributed by atoms with van der Waals surface area (Å²) in [5.41, 5.74) is 0. The second kappa shape index (κ2) is 5.03. The highest BCUT2D eigenvalue weighted by Gasteiger charge is 2.43. The molecular formula is C13H24O3. The van der Waals surface area contributed by atoms with Crippen molar-refractivity contribution in [3.8, 4) is 0 Å². The van der Waals surface area contributed by atoms with E-state index >= 15 is 0 Å². The summed E-state index contributed by atoms with van der Waals surface area (Å²) in [7, 11) is 0. The monoisotopic (exact) mass is 228 g/mol. The molecule has 0 saturated carbocycles.